The van der Waals surface area contributed by atoms with Gasteiger partial charge < -0.3 is 11.1 Å². The zero-order chi connectivity index (χ0) is 17.8. The van der Waals surface area contributed by atoms with Crippen LogP contribution in [0.15, 0.2) is 46.7 Å². The summed E-state index contributed by atoms with van der Waals surface area (Å²) < 4.78 is 0. The first-order chi connectivity index (χ1) is 12.0. The molecule has 0 atom stereocenters. The SMILES string of the molecule is Cc1nc(-c2cccs2)sc1C(=O)Nc1ccccc1SCC(N)=O. The molecule has 3 N–H and O–H groups in total. The number of aryl methyl sites for hydroxylation is 1. The third-order valence-corrected chi connectivity index (χ3v) is 6.53. The number of hydrogen-bond acceptors (Lipinski definition) is 6. The summed E-state index contributed by atoms with van der Waals surface area (Å²) in [6.45, 7) is 1.83. The molecule has 2 heterocycles. The zero-order valence-electron chi connectivity index (χ0n) is 13.3. The number of nitrogens with two attached hydrogens (primary N) is 1. The van der Waals surface area contributed by atoms with Gasteiger partial charge in [-0.3, -0.25) is 9.59 Å². The smallest absolute Gasteiger partial charge is 0.267 e. The van der Waals surface area contributed by atoms with Gasteiger partial charge in [-0.05, 0) is 30.5 Å². The maximum Gasteiger partial charge on any atom is 0.267 e. The lowest BCUT2D eigenvalue weighted by Crippen LogP contribution is -2.14. The fourth-order valence-corrected chi connectivity index (χ4v) is 4.64. The van der Waals surface area contributed by atoms with Gasteiger partial charge in [0.25, 0.3) is 5.91 Å². The number of primary amides is 1. The fraction of sp³-hybridized carbons (Fsp3) is 0.118. The molecule has 0 aliphatic rings. The van der Waals surface area contributed by atoms with Crippen LogP contribution in [-0.2, 0) is 4.79 Å². The van der Waals surface area contributed by atoms with Crippen molar-refractivity contribution >= 4 is 51.9 Å². The number of nitrogens with one attached hydrogen (secondary N) is 1. The molecule has 0 saturated carbocycles. The Morgan fingerprint density at radius 2 is 2.04 bits per heavy atom. The van der Waals surface area contributed by atoms with Crippen molar-refractivity contribution in [3.05, 3.63) is 52.3 Å². The van der Waals surface area contributed by atoms with Crippen LogP contribution in [0.4, 0.5) is 5.69 Å². The number of carbonyl (C=O) groups excluding carboxylic acids is 2. The van der Waals surface area contributed by atoms with Crippen molar-refractivity contribution in [2.45, 2.75) is 11.8 Å². The van der Waals surface area contributed by atoms with Crippen LogP contribution < -0.4 is 11.1 Å². The minimum Gasteiger partial charge on any atom is -0.369 e. The second-order valence-corrected chi connectivity index (χ2v) is 8.08. The van der Waals surface area contributed by atoms with Crippen LogP contribution >= 0.6 is 34.4 Å². The van der Waals surface area contributed by atoms with Crippen LogP contribution in [0.25, 0.3) is 9.88 Å². The van der Waals surface area contributed by atoms with E-state index in [4.69, 9.17) is 5.73 Å². The summed E-state index contributed by atoms with van der Waals surface area (Å²) in [7, 11) is 0. The second-order valence-electron chi connectivity index (χ2n) is 5.12. The number of thiophene rings is 1. The number of para-hydroxylation sites is 1. The average molecular weight is 390 g/mol. The molecule has 0 aliphatic carbocycles. The molecule has 25 heavy (non-hydrogen) atoms. The maximum absolute atomic E-state index is 12.7. The zero-order valence-corrected chi connectivity index (χ0v) is 15.8. The Morgan fingerprint density at radius 1 is 1.24 bits per heavy atom. The van der Waals surface area contributed by atoms with E-state index in [9.17, 15) is 9.59 Å². The molecule has 3 rings (SSSR count). The molecule has 128 valence electrons. The van der Waals surface area contributed by atoms with E-state index in [1.165, 1.54) is 23.1 Å². The van der Waals surface area contributed by atoms with Gasteiger partial charge in [-0.2, -0.15) is 0 Å². The second kappa shape index (κ2) is 7.81. The molecule has 2 amide bonds. The van der Waals surface area contributed by atoms with Gasteiger partial charge in [-0.25, -0.2) is 4.98 Å². The maximum atomic E-state index is 12.7. The molecule has 5 nitrogen and oxygen atoms in total. The lowest BCUT2D eigenvalue weighted by atomic mass is 10.3. The Morgan fingerprint density at radius 3 is 2.76 bits per heavy atom. The molecule has 0 bridgehead atoms. The van der Waals surface area contributed by atoms with E-state index in [0.29, 0.717) is 16.3 Å². The quantitative estimate of drug-likeness (QED) is 0.624. The summed E-state index contributed by atoms with van der Waals surface area (Å²) in [4.78, 5) is 30.6. The highest BCUT2D eigenvalue weighted by atomic mass is 32.2. The molecule has 0 saturated heterocycles. The summed E-state index contributed by atoms with van der Waals surface area (Å²) in [5, 5.41) is 5.74. The number of carbonyl (C=O) groups is 2. The number of benzene rings is 1. The predicted molar refractivity (Wildman–Crippen MR) is 104 cm³/mol. The van der Waals surface area contributed by atoms with Gasteiger partial charge in [0.15, 0.2) is 0 Å². The van der Waals surface area contributed by atoms with Gasteiger partial charge in [-0.15, -0.1) is 34.4 Å². The largest absolute Gasteiger partial charge is 0.369 e. The van der Waals surface area contributed by atoms with E-state index in [-0.39, 0.29) is 11.7 Å². The third kappa shape index (κ3) is 4.28. The predicted octanol–water partition coefficient (Wildman–Crippen LogP) is 4.01. The highest BCUT2D eigenvalue weighted by Gasteiger charge is 2.18. The monoisotopic (exact) mass is 389 g/mol. The minimum atomic E-state index is -0.398. The Hall–Kier alpha value is -2.16. The Balaban J connectivity index is 1.80. The van der Waals surface area contributed by atoms with E-state index in [0.717, 1.165) is 14.8 Å². The number of thioether (sulfide) groups is 1. The normalized spacial score (nSPS) is 10.6. The third-order valence-electron chi connectivity index (χ3n) is 3.24. The van der Waals surface area contributed by atoms with Crippen LogP contribution in [0, 0.1) is 6.92 Å². The first-order valence-electron chi connectivity index (χ1n) is 7.37. The lowest BCUT2D eigenvalue weighted by Gasteiger charge is -2.09. The van der Waals surface area contributed by atoms with Crippen molar-refractivity contribution in [2.75, 3.05) is 11.1 Å². The van der Waals surface area contributed by atoms with E-state index in [1.807, 2.05) is 42.6 Å². The number of hydrogen-bond donors (Lipinski definition) is 2. The van der Waals surface area contributed by atoms with Crippen LogP contribution in [0.1, 0.15) is 15.4 Å². The van der Waals surface area contributed by atoms with Gasteiger partial charge >= 0.3 is 0 Å². The van der Waals surface area contributed by atoms with E-state index < -0.39 is 5.91 Å². The summed E-state index contributed by atoms with van der Waals surface area (Å²) in [5.41, 5.74) is 6.56. The van der Waals surface area contributed by atoms with Crippen LogP contribution in [0.5, 0.6) is 0 Å². The Labute approximate surface area is 157 Å². The van der Waals surface area contributed by atoms with Gasteiger partial charge in [0, 0.05) is 4.90 Å². The molecule has 0 spiro atoms. The first kappa shape index (κ1) is 17.7. The van der Waals surface area contributed by atoms with Crippen molar-refractivity contribution in [2.24, 2.45) is 5.73 Å². The number of aromatic nitrogens is 1. The standard InChI is InChI=1S/C17H15N3O2S3/c1-10-15(25-17(19-10)13-7-4-8-23-13)16(22)20-11-5-2-3-6-12(11)24-9-14(18)21/h2-8H,9H2,1H3,(H2,18,21)(H,20,22). The van der Waals surface area contributed by atoms with E-state index in [2.05, 4.69) is 10.3 Å². The van der Waals surface area contributed by atoms with Gasteiger partial charge in [0.2, 0.25) is 5.91 Å². The topological polar surface area (TPSA) is 85.1 Å². The van der Waals surface area contributed by atoms with E-state index >= 15 is 0 Å². The molecule has 0 radical (unpaired) electrons. The molecular formula is C17H15N3O2S3. The van der Waals surface area contributed by atoms with Crippen LogP contribution in [0.2, 0.25) is 0 Å². The van der Waals surface area contributed by atoms with Crippen molar-refractivity contribution in [3.63, 3.8) is 0 Å². The van der Waals surface area contributed by atoms with Crippen molar-refractivity contribution < 1.29 is 9.59 Å². The van der Waals surface area contributed by atoms with Crippen LogP contribution in [-0.4, -0.2) is 22.6 Å². The summed E-state index contributed by atoms with van der Waals surface area (Å²) in [6, 6.07) is 11.3. The first-order valence-corrected chi connectivity index (χ1v) is 10.1. The average Bonchev–Trinajstić information content (AvgIpc) is 3.23. The van der Waals surface area contributed by atoms with Gasteiger partial charge in [0.1, 0.15) is 9.88 Å². The molecule has 0 fully saturated rings. The van der Waals surface area contributed by atoms with Crippen LogP contribution in [0.3, 0.4) is 0 Å². The highest BCUT2D eigenvalue weighted by molar-refractivity contribution is 8.00. The highest BCUT2D eigenvalue weighted by Crippen LogP contribution is 2.32. The molecule has 8 heteroatoms. The molecule has 0 aliphatic heterocycles. The lowest BCUT2D eigenvalue weighted by molar-refractivity contribution is -0.115. The van der Waals surface area contributed by atoms with Crippen molar-refractivity contribution in [1.29, 1.82) is 0 Å². The minimum absolute atomic E-state index is 0.162. The summed E-state index contributed by atoms with van der Waals surface area (Å²) >= 11 is 4.27. The molecule has 2 aromatic heterocycles. The number of amides is 2. The molecular weight excluding hydrogens is 374 g/mol. The number of thiazole rings is 1. The van der Waals surface area contributed by atoms with Crippen molar-refractivity contribution in [3.8, 4) is 9.88 Å². The Bertz CT molecular complexity index is 904. The fourth-order valence-electron chi connectivity index (χ4n) is 2.14. The summed E-state index contributed by atoms with van der Waals surface area (Å²) in [5.74, 6) is -0.440. The van der Waals surface area contributed by atoms with Crippen molar-refractivity contribution in [1.82, 2.24) is 4.98 Å². The number of nitrogens with zero attached hydrogens (tertiary/aromatic N) is 1. The van der Waals surface area contributed by atoms with E-state index in [1.54, 1.807) is 17.4 Å². The molecule has 3 aromatic rings. The molecule has 0 unspecified atom stereocenters. The molecule has 1 aromatic carbocycles. The Kier molecular flexibility index (Phi) is 5.52. The number of anilines is 1. The van der Waals surface area contributed by atoms with Gasteiger partial charge in [-0.1, -0.05) is 18.2 Å². The number of rotatable bonds is 6. The van der Waals surface area contributed by atoms with Gasteiger partial charge in [0.05, 0.1) is 22.0 Å². The summed E-state index contributed by atoms with van der Waals surface area (Å²) in [6.07, 6.45) is 0.